The van der Waals surface area contributed by atoms with Crippen molar-refractivity contribution in [2.75, 3.05) is 31.1 Å². The summed E-state index contributed by atoms with van der Waals surface area (Å²) in [5.41, 5.74) is -0.275. The van der Waals surface area contributed by atoms with Crippen molar-refractivity contribution in [1.29, 1.82) is 0 Å². The van der Waals surface area contributed by atoms with Crippen LogP contribution in [0.4, 0.5) is 18.9 Å². The van der Waals surface area contributed by atoms with Crippen LogP contribution in [0, 0.1) is 0 Å². The number of sulfonamides is 1. The molecule has 0 bridgehead atoms. The van der Waals surface area contributed by atoms with E-state index < -0.39 is 21.9 Å². The number of alkyl halides is 3. The van der Waals surface area contributed by atoms with Gasteiger partial charge in [0.1, 0.15) is 10.6 Å². The standard InChI is InChI=1S/C15H15ClF3N3O2S/c16-12-3-1-2-4-13(12)21-5-7-22(8-6-21)25(23,24)11-9-14(20-10-11)15(17,18)19/h1-4,9-10,20H,5-8H2. The molecule has 0 saturated carbocycles. The fourth-order valence-corrected chi connectivity index (χ4v) is 4.39. The average Bonchev–Trinajstić information content (AvgIpc) is 3.06. The summed E-state index contributed by atoms with van der Waals surface area (Å²) in [7, 11) is -3.97. The van der Waals surface area contributed by atoms with Crippen molar-refractivity contribution in [2.45, 2.75) is 11.1 Å². The molecule has 1 fully saturated rings. The van der Waals surface area contributed by atoms with Gasteiger partial charge in [-0.2, -0.15) is 17.5 Å². The number of rotatable bonds is 3. The van der Waals surface area contributed by atoms with Gasteiger partial charge in [-0.3, -0.25) is 0 Å². The molecule has 25 heavy (non-hydrogen) atoms. The van der Waals surface area contributed by atoms with E-state index in [1.165, 1.54) is 4.31 Å². The maximum absolute atomic E-state index is 12.6. The van der Waals surface area contributed by atoms with E-state index in [1.807, 2.05) is 22.0 Å². The van der Waals surface area contributed by atoms with Gasteiger partial charge >= 0.3 is 6.18 Å². The van der Waals surface area contributed by atoms with E-state index in [2.05, 4.69) is 0 Å². The van der Waals surface area contributed by atoms with Crippen LogP contribution in [-0.4, -0.2) is 43.9 Å². The van der Waals surface area contributed by atoms with E-state index in [4.69, 9.17) is 11.6 Å². The number of H-pyrrole nitrogens is 1. The third-order valence-electron chi connectivity index (χ3n) is 4.03. The molecule has 1 aliphatic heterocycles. The average molecular weight is 394 g/mol. The molecule has 0 radical (unpaired) electrons. The molecule has 5 nitrogen and oxygen atoms in total. The Hall–Kier alpha value is -1.71. The molecule has 0 atom stereocenters. The van der Waals surface area contributed by atoms with Crippen LogP contribution in [-0.2, 0) is 16.2 Å². The molecule has 1 aromatic carbocycles. The number of halogens is 4. The van der Waals surface area contributed by atoms with Gasteiger partial charge in [0.15, 0.2) is 0 Å². The van der Waals surface area contributed by atoms with Crippen molar-refractivity contribution in [2.24, 2.45) is 0 Å². The van der Waals surface area contributed by atoms with Crippen LogP contribution < -0.4 is 4.90 Å². The summed E-state index contributed by atoms with van der Waals surface area (Å²) in [6.07, 6.45) is -3.74. The summed E-state index contributed by atoms with van der Waals surface area (Å²) in [6, 6.07) is 7.85. The van der Waals surface area contributed by atoms with E-state index in [-0.39, 0.29) is 18.0 Å². The van der Waals surface area contributed by atoms with E-state index in [0.717, 1.165) is 11.9 Å². The summed E-state index contributed by atoms with van der Waals surface area (Å²) < 4.78 is 64.2. The molecule has 136 valence electrons. The first-order chi connectivity index (χ1) is 11.7. The van der Waals surface area contributed by atoms with Gasteiger partial charge in [0, 0.05) is 32.4 Å². The monoisotopic (exact) mass is 393 g/mol. The highest BCUT2D eigenvalue weighted by atomic mass is 35.5. The lowest BCUT2D eigenvalue weighted by Crippen LogP contribution is -2.48. The predicted octanol–water partition coefficient (Wildman–Crippen LogP) is 3.20. The maximum atomic E-state index is 12.6. The van der Waals surface area contributed by atoms with Crippen LogP contribution in [0.25, 0.3) is 0 Å². The van der Waals surface area contributed by atoms with Crippen LogP contribution >= 0.6 is 11.6 Å². The van der Waals surface area contributed by atoms with Crippen molar-refractivity contribution in [1.82, 2.24) is 9.29 Å². The molecule has 2 aromatic rings. The van der Waals surface area contributed by atoms with Gasteiger partial charge in [-0.15, -0.1) is 0 Å². The van der Waals surface area contributed by atoms with Crippen LogP contribution in [0.1, 0.15) is 5.69 Å². The van der Waals surface area contributed by atoms with Crippen molar-refractivity contribution in [3.63, 3.8) is 0 Å². The zero-order chi connectivity index (χ0) is 18.2. The highest BCUT2D eigenvalue weighted by molar-refractivity contribution is 7.89. The number of anilines is 1. The predicted molar refractivity (Wildman–Crippen MR) is 88.2 cm³/mol. The Morgan fingerprint density at radius 2 is 1.72 bits per heavy atom. The molecule has 0 unspecified atom stereocenters. The first-order valence-corrected chi connectivity index (χ1v) is 9.26. The zero-order valence-electron chi connectivity index (χ0n) is 12.9. The maximum Gasteiger partial charge on any atom is 0.431 e. The second-order valence-corrected chi connectivity index (χ2v) is 7.93. The number of para-hydroxylation sites is 1. The molecule has 1 N–H and O–H groups in total. The molecule has 10 heteroatoms. The van der Waals surface area contributed by atoms with Gasteiger partial charge in [0.05, 0.1) is 10.7 Å². The van der Waals surface area contributed by atoms with Crippen LogP contribution in [0.2, 0.25) is 5.02 Å². The second-order valence-electron chi connectivity index (χ2n) is 5.59. The highest BCUT2D eigenvalue weighted by Gasteiger charge is 2.36. The number of aromatic amines is 1. The minimum absolute atomic E-state index is 0.167. The Morgan fingerprint density at radius 3 is 2.28 bits per heavy atom. The molecule has 1 aliphatic rings. The van der Waals surface area contributed by atoms with Crippen molar-refractivity contribution >= 4 is 27.3 Å². The Morgan fingerprint density at radius 1 is 1.08 bits per heavy atom. The summed E-state index contributed by atoms with van der Waals surface area (Å²) in [5, 5.41) is 0.569. The molecular formula is C15H15ClF3N3O2S. The van der Waals surface area contributed by atoms with E-state index in [0.29, 0.717) is 24.2 Å². The minimum Gasteiger partial charge on any atom is -0.368 e. The van der Waals surface area contributed by atoms with Gasteiger partial charge in [-0.05, 0) is 18.2 Å². The summed E-state index contributed by atoms with van der Waals surface area (Å²) in [5.74, 6) is 0. The number of aromatic nitrogens is 1. The smallest absolute Gasteiger partial charge is 0.368 e. The third-order valence-corrected chi connectivity index (χ3v) is 6.23. The number of nitrogens with one attached hydrogen (secondary N) is 1. The van der Waals surface area contributed by atoms with E-state index in [1.54, 1.807) is 12.1 Å². The van der Waals surface area contributed by atoms with Crippen LogP contribution in [0.15, 0.2) is 41.4 Å². The number of hydrogen-bond donors (Lipinski definition) is 1. The van der Waals surface area contributed by atoms with Crippen molar-refractivity contribution < 1.29 is 21.6 Å². The third kappa shape index (κ3) is 3.63. The summed E-state index contributed by atoms with van der Waals surface area (Å²) in [6.45, 7) is 1.14. The molecular weight excluding hydrogens is 379 g/mol. The Labute approximate surface area is 148 Å². The number of nitrogens with zero attached hydrogens (tertiary/aromatic N) is 2. The fraction of sp³-hybridized carbons (Fsp3) is 0.333. The SMILES string of the molecule is O=S(=O)(c1c[nH]c(C(F)(F)F)c1)N1CCN(c2ccccc2Cl)CC1. The molecule has 0 spiro atoms. The molecule has 0 amide bonds. The fourth-order valence-electron chi connectivity index (χ4n) is 2.71. The molecule has 1 saturated heterocycles. The van der Waals surface area contributed by atoms with Gasteiger partial charge in [0.2, 0.25) is 10.0 Å². The molecule has 1 aromatic heterocycles. The topological polar surface area (TPSA) is 56.4 Å². The van der Waals surface area contributed by atoms with Gasteiger partial charge in [-0.1, -0.05) is 23.7 Å². The largest absolute Gasteiger partial charge is 0.431 e. The quantitative estimate of drug-likeness (QED) is 0.871. The first kappa shape index (κ1) is 18.1. The number of piperazine rings is 1. The van der Waals surface area contributed by atoms with Crippen LogP contribution in [0.3, 0.4) is 0 Å². The van der Waals surface area contributed by atoms with Crippen LogP contribution in [0.5, 0.6) is 0 Å². The first-order valence-electron chi connectivity index (χ1n) is 7.45. The Bertz CT molecular complexity index is 859. The summed E-state index contributed by atoms with van der Waals surface area (Å²) >= 11 is 6.14. The van der Waals surface area contributed by atoms with E-state index >= 15 is 0 Å². The molecule has 3 rings (SSSR count). The Balaban J connectivity index is 1.74. The highest BCUT2D eigenvalue weighted by Crippen LogP contribution is 2.31. The van der Waals surface area contributed by atoms with E-state index in [9.17, 15) is 21.6 Å². The lowest BCUT2D eigenvalue weighted by atomic mass is 10.2. The van der Waals surface area contributed by atoms with Crippen molar-refractivity contribution in [3.8, 4) is 0 Å². The summed E-state index contributed by atoms with van der Waals surface area (Å²) in [4.78, 5) is 3.54. The number of hydrogen-bond acceptors (Lipinski definition) is 3. The van der Waals surface area contributed by atoms with Gasteiger partial charge in [-0.25, -0.2) is 8.42 Å². The number of benzene rings is 1. The second kappa shape index (κ2) is 6.54. The normalized spacial score (nSPS) is 17.0. The zero-order valence-corrected chi connectivity index (χ0v) is 14.5. The van der Waals surface area contributed by atoms with Gasteiger partial charge in [0.25, 0.3) is 0 Å². The minimum atomic E-state index is -4.61. The molecule has 2 heterocycles. The van der Waals surface area contributed by atoms with Crippen molar-refractivity contribution in [3.05, 3.63) is 47.2 Å². The Kier molecular flexibility index (Phi) is 4.74. The lowest BCUT2D eigenvalue weighted by molar-refractivity contribution is -0.140. The lowest BCUT2D eigenvalue weighted by Gasteiger charge is -2.35. The van der Waals surface area contributed by atoms with Gasteiger partial charge < -0.3 is 9.88 Å². The molecule has 0 aliphatic carbocycles.